The van der Waals surface area contributed by atoms with Gasteiger partial charge in [0.2, 0.25) is 0 Å². The van der Waals surface area contributed by atoms with Gasteiger partial charge in [-0.15, -0.1) is 0 Å². The molecular formula is C24H54O3P2. The van der Waals surface area contributed by atoms with Crippen LogP contribution in [0.3, 0.4) is 0 Å². The van der Waals surface area contributed by atoms with Crippen LogP contribution in [-0.2, 0) is 4.57 Å². The summed E-state index contributed by atoms with van der Waals surface area (Å²) in [4.78, 5) is 20.8. The van der Waals surface area contributed by atoms with E-state index >= 15 is 0 Å². The molecule has 0 atom stereocenters. The van der Waals surface area contributed by atoms with Gasteiger partial charge in [-0.2, -0.15) is 0 Å². The number of rotatable bonds is 22. The molecule has 0 rings (SSSR count). The minimum absolute atomic E-state index is 0.854. The summed E-state index contributed by atoms with van der Waals surface area (Å²) in [6, 6.07) is 0. The van der Waals surface area contributed by atoms with Crippen LogP contribution >= 0.6 is 14.2 Å². The molecule has 2 N–H and O–H groups in total. The van der Waals surface area contributed by atoms with E-state index in [4.69, 9.17) is 0 Å². The van der Waals surface area contributed by atoms with Crippen LogP contribution in [-0.4, -0.2) is 28.3 Å². The molecule has 0 heterocycles. The molecule has 29 heavy (non-hydrogen) atoms. The SMILES string of the molecule is CCCCCCCC[PH](CCCCCCCC)(CCCCCCCC)P(=O)(O)O. The first-order chi connectivity index (χ1) is 13.9. The topological polar surface area (TPSA) is 57.5 Å². The Morgan fingerprint density at radius 2 is 0.724 bits per heavy atom. The molecule has 178 valence electrons. The zero-order chi connectivity index (χ0) is 21.8. The summed E-state index contributed by atoms with van der Waals surface area (Å²) in [6.45, 7) is 4.15. The molecule has 0 unspecified atom stereocenters. The Morgan fingerprint density at radius 3 is 0.966 bits per heavy atom. The Bertz CT molecular complexity index is 355. The van der Waals surface area contributed by atoms with E-state index in [2.05, 4.69) is 20.8 Å². The molecule has 0 amide bonds. The van der Waals surface area contributed by atoms with Crippen molar-refractivity contribution in [1.29, 1.82) is 0 Å². The van der Waals surface area contributed by atoms with Gasteiger partial charge >= 0.3 is 183 Å². The normalized spacial score (nSPS) is 13.1. The van der Waals surface area contributed by atoms with Crippen LogP contribution in [0.25, 0.3) is 0 Å². The Hall–Kier alpha value is 0.580. The van der Waals surface area contributed by atoms with Crippen LogP contribution in [0.4, 0.5) is 0 Å². The molecule has 0 spiro atoms. The molecule has 0 aromatic rings. The standard InChI is InChI=1S/C24H54O3P2/c1-4-7-10-13-16-19-22-28(29(25,26)27,23-20-17-14-11-8-5-2)24-21-18-15-12-9-6-3/h28H,4-24H2,1-3H3,(H2,25,26,27). The molecule has 0 saturated carbocycles. The molecule has 0 aliphatic rings. The van der Waals surface area contributed by atoms with E-state index in [0.29, 0.717) is 0 Å². The quantitative estimate of drug-likeness (QED) is 0.127. The van der Waals surface area contributed by atoms with Gasteiger partial charge in [-0.25, -0.2) is 0 Å². The Balaban J connectivity index is 4.70. The Kier molecular flexibility index (Phi) is 19.7. The van der Waals surface area contributed by atoms with Gasteiger partial charge in [0.1, 0.15) is 0 Å². The van der Waals surface area contributed by atoms with E-state index in [1.54, 1.807) is 0 Å². The maximum atomic E-state index is 12.7. The maximum absolute atomic E-state index is 12.7. The van der Waals surface area contributed by atoms with Crippen molar-refractivity contribution in [2.45, 2.75) is 136 Å². The summed E-state index contributed by atoms with van der Waals surface area (Å²) in [7, 11) is -3.95. The summed E-state index contributed by atoms with van der Waals surface area (Å²) < 4.78 is 12.7. The van der Waals surface area contributed by atoms with Gasteiger partial charge in [0.25, 0.3) is 0 Å². The van der Waals surface area contributed by atoms with E-state index < -0.39 is 14.2 Å². The van der Waals surface area contributed by atoms with E-state index in [1.165, 1.54) is 77.0 Å². The molecule has 5 heteroatoms. The van der Waals surface area contributed by atoms with E-state index in [9.17, 15) is 14.4 Å². The zero-order valence-electron chi connectivity index (χ0n) is 20.1. The Morgan fingerprint density at radius 1 is 0.483 bits per heavy atom. The molecule has 0 fully saturated rings. The average Bonchev–Trinajstić information content (AvgIpc) is 2.68. The van der Waals surface area contributed by atoms with Crippen molar-refractivity contribution in [3.05, 3.63) is 0 Å². The number of unbranched alkanes of at least 4 members (excludes halogenated alkanes) is 15. The van der Waals surface area contributed by atoms with E-state index in [-0.39, 0.29) is 0 Å². The first-order valence-corrected chi connectivity index (χ1v) is 18.1. The fourth-order valence-electron chi connectivity index (χ4n) is 4.52. The summed E-state index contributed by atoms with van der Waals surface area (Å²) in [5.74, 6) is 0. The van der Waals surface area contributed by atoms with Gasteiger partial charge in [0, 0.05) is 0 Å². The first-order valence-electron chi connectivity index (χ1n) is 13.0. The predicted octanol–water partition coefficient (Wildman–Crippen LogP) is 8.91. The monoisotopic (exact) mass is 452 g/mol. The van der Waals surface area contributed by atoms with Gasteiger partial charge < -0.3 is 0 Å². The van der Waals surface area contributed by atoms with Crippen LogP contribution < -0.4 is 0 Å². The van der Waals surface area contributed by atoms with Crippen molar-refractivity contribution in [2.24, 2.45) is 0 Å². The van der Waals surface area contributed by atoms with Crippen LogP contribution in [0, 0.1) is 0 Å². The van der Waals surface area contributed by atoms with Gasteiger partial charge in [-0.05, 0) is 0 Å². The third-order valence-electron chi connectivity index (χ3n) is 6.60. The predicted molar refractivity (Wildman–Crippen MR) is 135 cm³/mol. The zero-order valence-corrected chi connectivity index (χ0v) is 22.0. The average molecular weight is 453 g/mol. The fraction of sp³-hybridized carbons (Fsp3) is 1.00. The number of hydrogen-bond donors (Lipinski definition) is 2. The molecule has 0 bridgehead atoms. The van der Waals surface area contributed by atoms with Gasteiger partial charge in [0.15, 0.2) is 0 Å². The molecule has 0 radical (unpaired) electrons. The third kappa shape index (κ3) is 15.1. The van der Waals surface area contributed by atoms with Crippen molar-refractivity contribution in [1.82, 2.24) is 0 Å². The van der Waals surface area contributed by atoms with Crippen LogP contribution in [0.5, 0.6) is 0 Å². The van der Waals surface area contributed by atoms with Gasteiger partial charge in [0.05, 0.1) is 0 Å². The van der Waals surface area contributed by atoms with Crippen LogP contribution in [0.1, 0.15) is 136 Å². The fourth-order valence-corrected chi connectivity index (χ4v) is 12.9. The molecular weight excluding hydrogens is 398 g/mol. The second-order valence-corrected chi connectivity index (χ2v) is 19.0. The summed E-state index contributed by atoms with van der Waals surface area (Å²) in [6.07, 6.45) is 24.2. The summed E-state index contributed by atoms with van der Waals surface area (Å²) in [5, 5.41) is 0. The van der Waals surface area contributed by atoms with E-state index in [0.717, 1.165) is 57.0 Å². The summed E-state index contributed by atoms with van der Waals surface area (Å²) in [5.41, 5.74) is 0. The first kappa shape index (κ1) is 29.6. The molecule has 0 aliphatic heterocycles. The Labute approximate surface area is 183 Å². The van der Waals surface area contributed by atoms with Crippen molar-refractivity contribution in [3.63, 3.8) is 0 Å². The number of hydrogen-bond acceptors (Lipinski definition) is 1. The molecule has 0 aromatic carbocycles. The molecule has 3 nitrogen and oxygen atoms in total. The minimum atomic E-state index is -3.95. The van der Waals surface area contributed by atoms with Crippen molar-refractivity contribution >= 4 is 14.2 Å². The molecule has 0 aliphatic carbocycles. The second-order valence-electron chi connectivity index (χ2n) is 9.32. The van der Waals surface area contributed by atoms with Gasteiger partial charge in [-0.1, -0.05) is 0 Å². The second kappa shape index (κ2) is 19.3. The van der Waals surface area contributed by atoms with Crippen LogP contribution in [0.15, 0.2) is 0 Å². The van der Waals surface area contributed by atoms with Crippen molar-refractivity contribution in [3.8, 4) is 0 Å². The third-order valence-corrected chi connectivity index (χ3v) is 17.4. The van der Waals surface area contributed by atoms with Crippen LogP contribution in [0.2, 0.25) is 0 Å². The molecule has 0 saturated heterocycles. The van der Waals surface area contributed by atoms with Gasteiger partial charge in [-0.3, -0.25) is 0 Å². The van der Waals surface area contributed by atoms with Crippen molar-refractivity contribution < 1.29 is 14.4 Å². The van der Waals surface area contributed by atoms with Crippen molar-refractivity contribution in [2.75, 3.05) is 18.5 Å². The summed E-state index contributed by atoms with van der Waals surface area (Å²) >= 11 is 0. The molecule has 0 aromatic heterocycles. The van der Waals surface area contributed by atoms with E-state index in [1.807, 2.05) is 0 Å².